The summed E-state index contributed by atoms with van der Waals surface area (Å²) >= 11 is 9.33. The summed E-state index contributed by atoms with van der Waals surface area (Å²) in [5.74, 6) is -0.729. The normalized spacial score (nSPS) is 19.6. The molecule has 0 saturated carbocycles. The van der Waals surface area contributed by atoms with Gasteiger partial charge in [0.05, 0.1) is 0 Å². The van der Waals surface area contributed by atoms with E-state index in [2.05, 4.69) is 15.9 Å². The monoisotopic (exact) mass is 353 g/mol. The van der Waals surface area contributed by atoms with Crippen molar-refractivity contribution in [1.29, 1.82) is 0 Å². The Hall–Kier alpha value is -0.290. The first-order valence-electron chi connectivity index (χ1n) is 5.48. The zero-order valence-corrected chi connectivity index (χ0v) is 12.8. The molecule has 1 heterocycles. The summed E-state index contributed by atoms with van der Waals surface area (Å²) in [5, 5.41) is 9.78. The van der Waals surface area contributed by atoms with Gasteiger partial charge in [0.25, 0.3) is 0 Å². The molecule has 1 saturated heterocycles. The molecule has 1 atom stereocenters. The Balaban J connectivity index is 0.00000162. The van der Waals surface area contributed by atoms with Gasteiger partial charge in [0.1, 0.15) is 6.04 Å². The minimum absolute atomic E-state index is 0. The maximum Gasteiger partial charge on any atom is 0.320 e. The summed E-state index contributed by atoms with van der Waals surface area (Å²) in [6.45, 7) is 1.49. The Bertz CT molecular complexity index is 442. The predicted octanol–water partition coefficient (Wildman–Crippen LogP) is 3.57. The van der Waals surface area contributed by atoms with E-state index in [0.717, 1.165) is 29.4 Å². The highest BCUT2D eigenvalue weighted by Gasteiger charge is 2.30. The third kappa shape index (κ3) is 3.60. The lowest BCUT2D eigenvalue weighted by molar-refractivity contribution is -0.142. The van der Waals surface area contributed by atoms with Crippen molar-refractivity contribution in [2.75, 3.05) is 6.54 Å². The number of likely N-dealkylation sites (tertiary alicyclic amines) is 1. The van der Waals surface area contributed by atoms with Gasteiger partial charge >= 0.3 is 5.97 Å². The molecule has 0 radical (unpaired) electrons. The van der Waals surface area contributed by atoms with Gasteiger partial charge in [0, 0.05) is 16.0 Å². The van der Waals surface area contributed by atoms with Gasteiger partial charge in [-0.05, 0) is 37.1 Å². The molecule has 0 amide bonds. The largest absolute Gasteiger partial charge is 0.480 e. The van der Waals surface area contributed by atoms with Crippen LogP contribution in [0.4, 0.5) is 0 Å². The average Bonchev–Trinajstić information content (AvgIpc) is 2.70. The molecule has 2 rings (SSSR count). The number of carboxylic acid groups (broad SMARTS) is 1. The summed E-state index contributed by atoms with van der Waals surface area (Å²) in [4.78, 5) is 13.1. The number of hydrogen-bond acceptors (Lipinski definition) is 2. The fourth-order valence-corrected chi connectivity index (χ4v) is 2.97. The van der Waals surface area contributed by atoms with E-state index in [4.69, 9.17) is 16.7 Å². The van der Waals surface area contributed by atoms with Gasteiger partial charge in [-0.2, -0.15) is 0 Å². The molecule has 0 aromatic heterocycles. The van der Waals surface area contributed by atoms with Crippen LogP contribution in [0.2, 0.25) is 5.02 Å². The molecule has 1 aromatic carbocycles. The number of aliphatic carboxylic acids is 1. The van der Waals surface area contributed by atoms with Crippen LogP contribution < -0.4 is 0 Å². The summed E-state index contributed by atoms with van der Waals surface area (Å²) in [6.07, 6.45) is 1.68. The number of nitrogens with zero attached hydrogens (tertiary/aromatic N) is 1. The lowest BCUT2D eigenvalue weighted by Gasteiger charge is -2.21. The standard InChI is InChI=1S/C12H13BrClNO2.ClH/c13-10-6-9(14)4-3-8(10)7-15-5-1-2-11(15)12(16)17;/h3-4,6,11H,1-2,5,7H2,(H,16,17);1H. The summed E-state index contributed by atoms with van der Waals surface area (Å²) in [5.41, 5.74) is 1.07. The van der Waals surface area contributed by atoms with E-state index < -0.39 is 5.97 Å². The molecule has 1 unspecified atom stereocenters. The molecule has 1 aliphatic rings. The van der Waals surface area contributed by atoms with E-state index in [1.807, 2.05) is 23.1 Å². The Morgan fingerprint density at radius 2 is 2.28 bits per heavy atom. The van der Waals surface area contributed by atoms with Gasteiger partial charge in [-0.25, -0.2) is 0 Å². The van der Waals surface area contributed by atoms with E-state index in [9.17, 15) is 4.79 Å². The second kappa shape index (κ2) is 6.75. The fourth-order valence-electron chi connectivity index (χ4n) is 2.16. The van der Waals surface area contributed by atoms with Crippen molar-refractivity contribution in [3.63, 3.8) is 0 Å². The number of rotatable bonds is 3. The van der Waals surface area contributed by atoms with E-state index in [1.165, 1.54) is 0 Å². The molecule has 0 bridgehead atoms. The summed E-state index contributed by atoms with van der Waals surface area (Å²) < 4.78 is 0.932. The van der Waals surface area contributed by atoms with Gasteiger partial charge < -0.3 is 5.11 Å². The maximum absolute atomic E-state index is 11.1. The second-order valence-electron chi connectivity index (χ2n) is 4.20. The lowest BCUT2D eigenvalue weighted by atomic mass is 10.2. The quantitative estimate of drug-likeness (QED) is 0.901. The van der Waals surface area contributed by atoms with Gasteiger partial charge in [-0.15, -0.1) is 12.4 Å². The van der Waals surface area contributed by atoms with Crippen LogP contribution in [0.1, 0.15) is 18.4 Å². The molecule has 1 aromatic rings. The highest BCUT2D eigenvalue weighted by atomic mass is 79.9. The van der Waals surface area contributed by atoms with Gasteiger partial charge in [0.2, 0.25) is 0 Å². The number of carbonyl (C=O) groups is 1. The number of halogens is 3. The van der Waals surface area contributed by atoms with E-state index in [-0.39, 0.29) is 18.4 Å². The van der Waals surface area contributed by atoms with Crippen molar-refractivity contribution in [1.82, 2.24) is 4.90 Å². The smallest absolute Gasteiger partial charge is 0.320 e. The number of carboxylic acids is 1. The number of benzene rings is 1. The van der Waals surface area contributed by atoms with Crippen molar-refractivity contribution in [2.24, 2.45) is 0 Å². The SMILES string of the molecule is Cl.O=C(O)C1CCCN1Cc1ccc(Cl)cc1Br. The molecule has 6 heteroatoms. The van der Waals surface area contributed by atoms with Gasteiger partial charge in [-0.1, -0.05) is 33.6 Å². The van der Waals surface area contributed by atoms with Crippen LogP contribution in [0.15, 0.2) is 22.7 Å². The van der Waals surface area contributed by atoms with Crippen LogP contribution in [-0.2, 0) is 11.3 Å². The predicted molar refractivity (Wildman–Crippen MR) is 77.5 cm³/mol. The number of hydrogen-bond donors (Lipinski definition) is 1. The Labute approximate surface area is 126 Å². The van der Waals surface area contributed by atoms with Crippen LogP contribution >= 0.6 is 39.9 Å². The summed E-state index contributed by atoms with van der Waals surface area (Å²) in [6, 6.07) is 5.25. The Morgan fingerprint density at radius 3 is 2.89 bits per heavy atom. The first kappa shape index (κ1) is 15.8. The van der Waals surface area contributed by atoms with Gasteiger partial charge in [0.15, 0.2) is 0 Å². The molecule has 3 nitrogen and oxygen atoms in total. The van der Waals surface area contributed by atoms with E-state index in [1.54, 1.807) is 0 Å². The zero-order chi connectivity index (χ0) is 12.4. The van der Waals surface area contributed by atoms with Crippen LogP contribution in [0, 0.1) is 0 Å². The third-order valence-electron chi connectivity index (χ3n) is 3.04. The molecule has 1 aliphatic heterocycles. The van der Waals surface area contributed by atoms with Gasteiger partial charge in [-0.3, -0.25) is 9.69 Å². The van der Waals surface area contributed by atoms with Crippen molar-refractivity contribution in [3.8, 4) is 0 Å². The van der Waals surface area contributed by atoms with E-state index >= 15 is 0 Å². The molecule has 18 heavy (non-hydrogen) atoms. The molecular weight excluding hydrogens is 341 g/mol. The second-order valence-corrected chi connectivity index (χ2v) is 5.49. The Morgan fingerprint density at radius 1 is 1.56 bits per heavy atom. The molecule has 0 spiro atoms. The summed E-state index contributed by atoms with van der Waals surface area (Å²) in [7, 11) is 0. The average molecular weight is 355 g/mol. The molecule has 1 N–H and O–H groups in total. The zero-order valence-electron chi connectivity index (χ0n) is 9.60. The molecule has 0 aliphatic carbocycles. The van der Waals surface area contributed by atoms with Crippen molar-refractivity contribution >= 4 is 45.9 Å². The third-order valence-corrected chi connectivity index (χ3v) is 4.01. The molecule has 100 valence electrons. The fraction of sp³-hybridized carbons (Fsp3) is 0.417. The van der Waals surface area contributed by atoms with Crippen LogP contribution in [-0.4, -0.2) is 28.6 Å². The Kier molecular flexibility index (Phi) is 5.92. The molecular formula is C12H14BrCl2NO2. The minimum atomic E-state index is -0.729. The minimum Gasteiger partial charge on any atom is -0.480 e. The van der Waals surface area contributed by atoms with Crippen molar-refractivity contribution in [3.05, 3.63) is 33.3 Å². The topological polar surface area (TPSA) is 40.5 Å². The maximum atomic E-state index is 11.1. The highest BCUT2D eigenvalue weighted by Crippen LogP contribution is 2.26. The van der Waals surface area contributed by atoms with Crippen molar-refractivity contribution < 1.29 is 9.90 Å². The first-order valence-corrected chi connectivity index (χ1v) is 6.66. The molecule has 1 fully saturated rings. The van der Waals surface area contributed by atoms with Crippen LogP contribution in [0.5, 0.6) is 0 Å². The highest BCUT2D eigenvalue weighted by molar-refractivity contribution is 9.10. The van der Waals surface area contributed by atoms with Crippen molar-refractivity contribution in [2.45, 2.75) is 25.4 Å². The first-order chi connectivity index (χ1) is 8.08. The lowest BCUT2D eigenvalue weighted by Crippen LogP contribution is -2.35. The van der Waals surface area contributed by atoms with E-state index in [0.29, 0.717) is 11.6 Å². The van der Waals surface area contributed by atoms with Crippen LogP contribution in [0.25, 0.3) is 0 Å². The van der Waals surface area contributed by atoms with Crippen LogP contribution in [0.3, 0.4) is 0 Å².